The fourth-order valence-electron chi connectivity index (χ4n) is 0.690. The number of nitrogens with zero attached hydrogens (tertiary/aromatic N) is 1. The molecule has 1 rings (SSSR count). The van der Waals surface area contributed by atoms with E-state index in [2.05, 4.69) is 0 Å². The molecule has 1 aliphatic heterocycles. The largest absolute Gasteiger partial charge is 0.379 e. The summed E-state index contributed by atoms with van der Waals surface area (Å²) in [6.07, 6.45) is 0. The summed E-state index contributed by atoms with van der Waals surface area (Å²) in [4.78, 5) is 0. The Bertz CT molecular complexity index is 115. The van der Waals surface area contributed by atoms with Crippen molar-refractivity contribution in [1.29, 1.82) is 0 Å². The first-order chi connectivity index (χ1) is 4.30. The summed E-state index contributed by atoms with van der Waals surface area (Å²) in [5.41, 5.74) is 0. The molecule has 0 spiro atoms. The molecule has 0 N–H and O–H groups in total. The maximum atomic E-state index is 11.9. The number of morpholine rings is 1. The third-order valence-corrected chi connectivity index (χ3v) is 1.94. The highest BCUT2D eigenvalue weighted by atomic mass is 32.2. The first-order valence-corrected chi connectivity index (χ1v) is 3.72. The molecular formula is C4H8FNO2S. The van der Waals surface area contributed by atoms with E-state index in [1.807, 2.05) is 0 Å². The lowest BCUT2D eigenvalue weighted by molar-refractivity contribution is 0.0737. The van der Waals surface area contributed by atoms with Crippen LogP contribution in [0.25, 0.3) is 0 Å². The van der Waals surface area contributed by atoms with Gasteiger partial charge in [-0.3, -0.25) is 0 Å². The maximum absolute atomic E-state index is 11.9. The highest BCUT2D eigenvalue weighted by Gasteiger charge is 2.15. The standard InChI is InChI=1S/C4H8FNO2S/c5-9(7)6-1-3-8-4-2-6/h1-4H2. The second kappa shape index (κ2) is 3.24. The lowest BCUT2D eigenvalue weighted by atomic mass is 10.5. The smallest absolute Gasteiger partial charge is 0.277 e. The highest BCUT2D eigenvalue weighted by Crippen LogP contribution is 2.00. The van der Waals surface area contributed by atoms with Crippen molar-refractivity contribution >= 4 is 11.4 Å². The first-order valence-electron chi connectivity index (χ1n) is 2.71. The Morgan fingerprint density at radius 2 is 2.00 bits per heavy atom. The Balaban J connectivity index is 2.31. The van der Waals surface area contributed by atoms with Crippen LogP contribution in [0.3, 0.4) is 0 Å². The minimum absolute atomic E-state index is 0.434. The van der Waals surface area contributed by atoms with Gasteiger partial charge in [0.2, 0.25) is 0 Å². The van der Waals surface area contributed by atoms with Crippen LogP contribution in [0.4, 0.5) is 3.89 Å². The van der Waals surface area contributed by atoms with Gasteiger partial charge in [0.25, 0.3) is 11.4 Å². The van der Waals surface area contributed by atoms with Gasteiger partial charge in [0, 0.05) is 13.1 Å². The highest BCUT2D eigenvalue weighted by molar-refractivity contribution is 7.77. The van der Waals surface area contributed by atoms with Crippen molar-refractivity contribution in [2.24, 2.45) is 0 Å². The number of ether oxygens (including phenoxy) is 1. The van der Waals surface area contributed by atoms with Gasteiger partial charge in [-0.05, 0) is 0 Å². The Kier molecular flexibility index (Phi) is 2.56. The van der Waals surface area contributed by atoms with Crippen LogP contribution in [0.1, 0.15) is 0 Å². The molecule has 1 unspecified atom stereocenters. The van der Waals surface area contributed by atoms with Gasteiger partial charge in [0.1, 0.15) is 0 Å². The predicted octanol–water partition coefficient (Wildman–Crippen LogP) is -0.133. The van der Waals surface area contributed by atoms with Crippen molar-refractivity contribution < 1.29 is 12.8 Å². The molecule has 1 aliphatic rings. The number of hydrogen-bond acceptors (Lipinski definition) is 2. The predicted molar refractivity (Wildman–Crippen MR) is 31.6 cm³/mol. The summed E-state index contributed by atoms with van der Waals surface area (Å²) in [5, 5.41) is 0. The van der Waals surface area contributed by atoms with Gasteiger partial charge in [-0.1, -0.05) is 0 Å². The lowest BCUT2D eigenvalue weighted by Gasteiger charge is -2.20. The zero-order valence-corrected chi connectivity index (χ0v) is 5.69. The van der Waals surface area contributed by atoms with E-state index in [0.29, 0.717) is 26.3 Å². The number of halogens is 1. The normalized spacial score (nSPS) is 25.9. The molecule has 5 heteroatoms. The van der Waals surface area contributed by atoms with E-state index in [0.717, 1.165) is 0 Å². The van der Waals surface area contributed by atoms with Gasteiger partial charge in [0.05, 0.1) is 13.2 Å². The van der Waals surface area contributed by atoms with Crippen LogP contribution in [-0.2, 0) is 16.1 Å². The average molecular weight is 153 g/mol. The number of rotatable bonds is 1. The zero-order valence-electron chi connectivity index (χ0n) is 4.88. The van der Waals surface area contributed by atoms with Gasteiger partial charge in [-0.2, -0.15) is 4.31 Å². The molecule has 0 aromatic carbocycles. The van der Waals surface area contributed by atoms with Crippen molar-refractivity contribution in [3.05, 3.63) is 0 Å². The van der Waals surface area contributed by atoms with Crippen LogP contribution < -0.4 is 0 Å². The molecule has 54 valence electrons. The maximum Gasteiger partial charge on any atom is 0.277 e. The summed E-state index contributed by atoms with van der Waals surface area (Å²) < 4.78 is 28.2. The molecule has 1 fully saturated rings. The van der Waals surface area contributed by atoms with Gasteiger partial charge < -0.3 is 4.74 Å². The summed E-state index contributed by atoms with van der Waals surface area (Å²) >= 11 is -2.30. The van der Waals surface area contributed by atoms with E-state index in [4.69, 9.17) is 4.74 Å². The van der Waals surface area contributed by atoms with E-state index in [-0.39, 0.29) is 0 Å². The van der Waals surface area contributed by atoms with E-state index in [9.17, 15) is 8.09 Å². The minimum Gasteiger partial charge on any atom is -0.379 e. The SMILES string of the molecule is O=S(F)N1CCOCC1. The summed E-state index contributed by atoms with van der Waals surface area (Å²) in [5.74, 6) is 0. The molecule has 0 amide bonds. The Morgan fingerprint density at radius 3 is 2.33 bits per heavy atom. The molecule has 0 bridgehead atoms. The van der Waals surface area contributed by atoms with Crippen molar-refractivity contribution in [2.45, 2.75) is 0 Å². The molecule has 0 aromatic heterocycles. The van der Waals surface area contributed by atoms with E-state index < -0.39 is 11.4 Å². The topological polar surface area (TPSA) is 29.5 Å². The third kappa shape index (κ3) is 2.00. The van der Waals surface area contributed by atoms with Crippen LogP contribution in [0.5, 0.6) is 0 Å². The molecule has 0 aromatic rings. The molecule has 1 heterocycles. The van der Waals surface area contributed by atoms with Crippen LogP contribution in [-0.4, -0.2) is 34.8 Å². The fourth-order valence-corrected chi connectivity index (χ4v) is 1.13. The van der Waals surface area contributed by atoms with Crippen LogP contribution in [0.2, 0.25) is 0 Å². The summed E-state index contributed by atoms with van der Waals surface area (Å²) in [7, 11) is 0. The lowest BCUT2D eigenvalue weighted by Crippen LogP contribution is -2.35. The second-order valence-corrected chi connectivity index (χ2v) is 2.68. The van der Waals surface area contributed by atoms with Gasteiger partial charge in [-0.15, -0.1) is 3.89 Å². The summed E-state index contributed by atoms with van der Waals surface area (Å²) in [6, 6.07) is 0. The van der Waals surface area contributed by atoms with Crippen molar-refractivity contribution in [3.63, 3.8) is 0 Å². The minimum atomic E-state index is -2.30. The van der Waals surface area contributed by atoms with Crippen LogP contribution in [0.15, 0.2) is 0 Å². The number of hydrogen-bond donors (Lipinski definition) is 0. The van der Waals surface area contributed by atoms with E-state index in [1.54, 1.807) is 0 Å². The Morgan fingerprint density at radius 1 is 1.44 bits per heavy atom. The molecule has 3 nitrogen and oxygen atoms in total. The third-order valence-electron chi connectivity index (χ3n) is 1.17. The Labute approximate surface area is 55.7 Å². The van der Waals surface area contributed by atoms with E-state index in [1.165, 1.54) is 4.31 Å². The molecular weight excluding hydrogens is 145 g/mol. The van der Waals surface area contributed by atoms with Crippen LogP contribution >= 0.6 is 0 Å². The molecule has 9 heavy (non-hydrogen) atoms. The fraction of sp³-hybridized carbons (Fsp3) is 1.00. The van der Waals surface area contributed by atoms with Crippen LogP contribution in [0, 0.1) is 0 Å². The zero-order chi connectivity index (χ0) is 6.69. The second-order valence-electron chi connectivity index (χ2n) is 1.75. The molecule has 0 radical (unpaired) electrons. The van der Waals surface area contributed by atoms with Crippen molar-refractivity contribution in [1.82, 2.24) is 4.31 Å². The first kappa shape index (κ1) is 7.11. The van der Waals surface area contributed by atoms with Gasteiger partial charge >= 0.3 is 0 Å². The average Bonchev–Trinajstić information content (AvgIpc) is 1.90. The monoisotopic (exact) mass is 153 g/mol. The molecule has 1 atom stereocenters. The molecule has 0 aliphatic carbocycles. The molecule has 0 saturated carbocycles. The van der Waals surface area contributed by atoms with Gasteiger partial charge in [0.15, 0.2) is 0 Å². The summed E-state index contributed by atoms with van der Waals surface area (Å²) in [6.45, 7) is 1.83. The molecule has 1 saturated heterocycles. The van der Waals surface area contributed by atoms with Crippen molar-refractivity contribution in [3.8, 4) is 0 Å². The Hall–Kier alpha value is -0.0000000000000000416. The van der Waals surface area contributed by atoms with Gasteiger partial charge in [-0.25, -0.2) is 4.21 Å². The van der Waals surface area contributed by atoms with E-state index >= 15 is 0 Å². The quantitative estimate of drug-likeness (QED) is 0.491. The van der Waals surface area contributed by atoms with Crippen molar-refractivity contribution in [2.75, 3.05) is 26.3 Å².